The quantitative estimate of drug-likeness (QED) is 0.604. The monoisotopic (exact) mass is 527 g/mol. The summed E-state index contributed by atoms with van der Waals surface area (Å²) in [4.78, 5) is 44.1. The summed E-state index contributed by atoms with van der Waals surface area (Å²) in [6.07, 6.45) is 6.73. The van der Waals surface area contributed by atoms with Crippen molar-refractivity contribution in [3.05, 3.63) is 47.1 Å². The highest BCUT2D eigenvalue weighted by Crippen LogP contribution is 2.28. The highest BCUT2D eigenvalue weighted by molar-refractivity contribution is 9.10. The van der Waals surface area contributed by atoms with E-state index < -0.39 is 0 Å². The van der Waals surface area contributed by atoms with E-state index in [1.54, 1.807) is 4.90 Å². The predicted molar refractivity (Wildman–Crippen MR) is 133 cm³/mol. The van der Waals surface area contributed by atoms with Gasteiger partial charge >= 0.3 is 0 Å². The van der Waals surface area contributed by atoms with Crippen LogP contribution in [0.15, 0.2) is 41.5 Å². The Morgan fingerprint density at radius 2 is 1.91 bits per heavy atom. The number of hydrogen-bond acceptors (Lipinski definition) is 4. The Bertz CT molecular complexity index is 1140. The summed E-state index contributed by atoms with van der Waals surface area (Å²) >= 11 is 3.53. The van der Waals surface area contributed by atoms with Crippen LogP contribution in [0.5, 0.6) is 0 Å². The number of carbonyl (C=O) groups is 3. The maximum atomic E-state index is 13.6. The van der Waals surface area contributed by atoms with Crippen molar-refractivity contribution in [2.45, 2.75) is 37.9 Å². The molecule has 5 rings (SSSR count). The van der Waals surface area contributed by atoms with Crippen molar-refractivity contribution < 1.29 is 14.4 Å². The van der Waals surface area contributed by atoms with Crippen LogP contribution in [-0.4, -0.2) is 88.3 Å². The molecule has 3 saturated heterocycles. The van der Waals surface area contributed by atoms with Gasteiger partial charge in [-0.2, -0.15) is 0 Å². The Hall–Kier alpha value is -2.65. The van der Waals surface area contributed by atoms with Crippen LogP contribution < -0.4 is 5.32 Å². The van der Waals surface area contributed by atoms with E-state index in [1.807, 2.05) is 33.9 Å². The van der Waals surface area contributed by atoms with E-state index in [9.17, 15) is 14.4 Å². The van der Waals surface area contributed by atoms with E-state index in [4.69, 9.17) is 0 Å². The molecule has 3 aliphatic heterocycles. The maximum absolute atomic E-state index is 13.6. The third-order valence-corrected chi connectivity index (χ3v) is 7.74. The van der Waals surface area contributed by atoms with Crippen LogP contribution in [0.2, 0.25) is 0 Å². The minimum atomic E-state index is -0.134. The fourth-order valence-electron chi connectivity index (χ4n) is 5.39. The second-order valence-electron chi connectivity index (χ2n) is 9.48. The average molecular weight is 528 g/mol. The second kappa shape index (κ2) is 9.54. The summed E-state index contributed by atoms with van der Waals surface area (Å²) in [5.41, 5.74) is 1.50. The first-order valence-electron chi connectivity index (χ1n) is 12.0. The third-order valence-electron chi connectivity index (χ3n) is 7.24. The van der Waals surface area contributed by atoms with Crippen LogP contribution in [0, 0.1) is 0 Å². The van der Waals surface area contributed by atoms with Gasteiger partial charge in [-0.15, -0.1) is 0 Å². The third kappa shape index (κ3) is 4.51. The molecule has 1 aromatic carbocycles. The van der Waals surface area contributed by atoms with Crippen molar-refractivity contribution in [2.24, 2.45) is 0 Å². The van der Waals surface area contributed by atoms with Gasteiger partial charge in [0.2, 0.25) is 11.8 Å². The van der Waals surface area contributed by atoms with Gasteiger partial charge < -0.3 is 19.7 Å². The lowest BCUT2D eigenvalue weighted by molar-refractivity contribution is -0.133. The molecule has 1 aromatic heterocycles. The van der Waals surface area contributed by atoms with Gasteiger partial charge in [0, 0.05) is 60.3 Å². The lowest BCUT2D eigenvalue weighted by Crippen LogP contribution is -2.61. The van der Waals surface area contributed by atoms with Crippen LogP contribution in [0.25, 0.3) is 10.9 Å². The molecule has 9 heteroatoms. The second-order valence-corrected chi connectivity index (χ2v) is 10.4. The van der Waals surface area contributed by atoms with E-state index in [1.165, 1.54) is 18.9 Å². The number of piperidine rings is 1. The van der Waals surface area contributed by atoms with Gasteiger partial charge in [0.05, 0.1) is 11.6 Å². The molecule has 8 nitrogen and oxygen atoms in total. The number of piperazine rings is 1. The van der Waals surface area contributed by atoms with Crippen LogP contribution >= 0.6 is 15.9 Å². The van der Waals surface area contributed by atoms with Gasteiger partial charge in [0.1, 0.15) is 6.54 Å². The Balaban J connectivity index is 1.31. The van der Waals surface area contributed by atoms with Crippen LogP contribution in [0.3, 0.4) is 0 Å². The largest absolute Gasteiger partial charge is 0.348 e. The number of likely N-dealkylation sites (tertiary alicyclic amines) is 1. The lowest BCUT2D eigenvalue weighted by atomic mass is 9.99. The molecule has 0 aliphatic carbocycles. The summed E-state index contributed by atoms with van der Waals surface area (Å²) in [6, 6.07) is 6.22. The van der Waals surface area contributed by atoms with Crippen molar-refractivity contribution in [1.82, 2.24) is 24.6 Å². The Morgan fingerprint density at radius 3 is 2.71 bits per heavy atom. The highest BCUT2D eigenvalue weighted by atomic mass is 79.9. The van der Waals surface area contributed by atoms with E-state index >= 15 is 0 Å². The Labute approximate surface area is 207 Å². The highest BCUT2D eigenvalue weighted by Gasteiger charge is 2.33. The molecular weight excluding hydrogens is 498 g/mol. The minimum Gasteiger partial charge on any atom is -0.348 e. The van der Waals surface area contributed by atoms with E-state index in [2.05, 4.69) is 32.7 Å². The summed E-state index contributed by atoms with van der Waals surface area (Å²) < 4.78 is 2.75. The van der Waals surface area contributed by atoms with Crippen molar-refractivity contribution >= 4 is 44.6 Å². The molecule has 0 spiro atoms. The molecule has 3 aliphatic rings. The lowest BCUT2D eigenvalue weighted by Gasteiger charge is -2.44. The summed E-state index contributed by atoms with van der Waals surface area (Å²) in [5, 5.41) is 3.84. The molecule has 0 bridgehead atoms. The van der Waals surface area contributed by atoms with Gasteiger partial charge in [-0.25, -0.2) is 0 Å². The number of aromatic nitrogens is 1. The topological polar surface area (TPSA) is 77.9 Å². The molecule has 1 atom stereocenters. The van der Waals surface area contributed by atoms with E-state index in [-0.39, 0.29) is 30.3 Å². The first-order valence-corrected chi connectivity index (χ1v) is 12.7. The van der Waals surface area contributed by atoms with E-state index in [0.29, 0.717) is 24.7 Å². The number of fused-ring (bicyclic) bond motifs is 2. The van der Waals surface area contributed by atoms with Crippen molar-refractivity contribution in [3.63, 3.8) is 0 Å². The van der Waals surface area contributed by atoms with Crippen molar-refractivity contribution in [2.75, 3.05) is 39.3 Å². The number of halogens is 1. The minimum absolute atomic E-state index is 0.0325. The number of rotatable bonds is 5. The first-order chi connectivity index (χ1) is 16.4. The first kappa shape index (κ1) is 23.1. The van der Waals surface area contributed by atoms with Gasteiger partial charge in [-0.05, 0) is 43.7 Å². The molecule has 180 valence electrons. The SMILES string of the molecule is C=CC(=O)N1CC(NC(=O)Cn2cc(C(=O)N3CCN4CCCC[C@@H]4C3)c3cc(Br)ccc32)C1. The number of carbonyl (C=O) groups excluding carboxylic acids is 3. The van der Waals surface area contributed by atoms with Gasteiger partial charge in [-0.1, -0.05) is 28.9 Å². The molecule has 4 heterocycles. The fraction of sp³-hybridized carbons (Fsp3) is 0.480. The predicted octanol–water partition coefficient (Wildman–Crippen LogP) is 2.23. The number of nitrogens with zero attached hydrogens (tertiary/aromatic N) is 4. The van der Waals surface area contributed by atoms with Gasteiger partial charge in [0.15, 0.2) is 0 Å². The molecule has 3 fully saturated rings. The molecule has 0 unspecified atom stereocenters. The summed E-state index contributed by atoms with van der Waals surface area (Å²) in [6.45, 7) is 8.15. The van der Waals surface area contributed by atoms with Crippen LogP contribution in [0.1, 0.15) is 29.6 Å². The standard InChI is InChI=1S/C25H30BrN5O3/c1-2-24(33)31-12-18(13-31)27-23(32)16-30-15-21(20-11-17(26)6-7-22(20)30)25(34)29-10-9-28-8-4-3-5-19(28)14-29/h2,6-7,11,15,18-19H,1,3-5,8-10,12-14,16H2,(H,27,32)/t19-/m1/s1. The molecular formula is C25H30BrN5O3. The zero-order chi connectivity index (χ0) is 23.8. The zero-order valence-corrected chi connectivity index (χ0v) is 20.8. The van der Waals surface area contributed by atoms with Crippen molar-refractivity contribution in [1.29, 1.82) is 0 Å². The molecule has 2 aromatic rings. The molecule has 3 amide bonds. The molecule has 0 saturated carbocycles. The smallest absolute Gasteiger partial charge is 0.256 e. The zero-order valence-electron chi connectivity index (χ0n) is 19.2. The van der Waals surface area contributed by atoms with Crippen LogP contribution in [-0.2, 0) is 16.1 Å². The Morgan fingerprint density at radius 1 is 1.09 bits per heavy atom. The number of nitrogens with one attached hydrogen (secondary N) is 1. The number of amides is 3. The normalized spacial score (nSPS) is 21.1. The van der Waals surface area contributed by atoms with Gasteiger partial charge in [0.25, 0.3) is 5.91 Å². The van der Waals surface area contributed by atoms with Crippen molar-refractivity contribution in [3.8, 4) is 0 Å². The fourth-order valence-corrected chi connectivity index (χ4v) is 5.75. The van der Waals surface area contributed by atoms with Gasteiger partial charge in [-0.3, -0.25) is 19.3 Å². The Kier molecular flexibility index (Phi) is 6.48. The number of benzene rings is 1. The summed E-state index contributed by atoms with van der Waals surface area (Å²) in [7, 11) is 0. The average Bonchev–Trinajstić information content (AvgIpc) is 3.16. The molecule has 1 N–H and O–H groups in total. The summed E-state index contributed by atoms with van der Waals surface area (Å²) in [5.74, 6) is -0.222. The maximum Gasteiger partial charge on any atom is 0.256 e. The van der Waals surface area contributed by atoms with E-state index in [0.717, 1.165) is 48.0 Å². The molecule has 34 heavy (non-hydrogen) atoms. The molecule has 0 radical (unpaired) electrons. The van der Waals surface area contributed by atoms with Crippen LogP contribution in [0.4, 0.5) is 0 Å². The number of hydrogen-bond donors (Lipinski definition) is 1.